The van der Waals surface area contributed by atoms with E-state index in [1.807, 2.05) is 0 Å². The van der Waals surface area contributed by atoms with Crippen molar-refractivity contribution in [3.8, 4) is 0 Å². The second-order valence-corrected chi connectivity index (χ2v) is 5.24. The molecule has 14 heavy (non-hydrogen) atoms. The Labute approximate surface area is 87.2 Å². The van der Waals surface area contributed by atoms with E-state index in [4.69, 9.17) is 10.5 Å². The second kappa shape index (κ2) is 4.19. The van der Waals surface area contributed by atoms with E-state index in [1.54, 1.807) is 0 Å². The first kappa shape index (κ1) is 10.4. The zero-order valence-corrected chi connectivity index (χ0v) is 9.41. The quantitative estimate of drug-likeness (QED) is 0.749. The third-order valence-corrected chi connectivity index (χ3v) is 3.84. The molecule has 3 atom stereocenters. The number of hydrogen-bond acceptors (Lipinski definition) is 2. The van der Waals surface area contributed by atoms with Crippen molar-refractivity contribution < 1.29 is 4.74 Å². The van der Waals surface area contributed by atoms with Gasteiger partial charge in [0.05, 0.1) is 12.7 Å². The molecule has 2 saturated carbocycles. The lowest BCUT2D eigenvalue weighted by atomic mass is 10.0. The van der Waals surface area contributed by atoms with Crippen LogP contribution >= 0.6 is 0 Å². The normalized spacial score (nSPS) is 38.1. The van der Waals surface area contributed by atoms with E-state index in [1.165, 1.54) is 25.7 Å². The van der Waals surface area contributed by atoms with Crippen molar-refractivity contribution in [2.45, 2.75) is 51.7 Å². The Hall–Kier alpha value is -0.0800. The van der Waals surface area contributed by atoms with Gasteiger partial charge >= 0.3 is 0 Å². The fourth-order valence-electron chi connectivity index (χ4n) is 3.10. The summed E-state index contributed by atoms with van der Waals surface area (Å²) in [6, 6.07) is 0.297. The first-order chi connectivity index (χ1) is 6.70. The highest BCUT2D eigenvalue weighted by Gasteiger charge is 2.53. The lowest BCUT2D eigenvalue weighted by Crippen LogP contribution is -2.31. The molecule has 0 aliphatic heterocycles. The number of rotatable bonds is 4. The lowest BCUT2D eigenvalue weighted by molar-refractivity contribution is 0.0629. The van der Waals surface area contributed by atoms with Crippen molar-refractivity contribution in [3.05, 3.63) is 0 Å². The van der Waals surface area contributed by atoms with Gasteiger partial charge in [-0.1, -0.05) is 12.8 Å². The predicted molar refractivity (Wildman–Crippen MR) is 58.0 cm³/mol. The van der Waals surface area contributed by atoms with Crippen molar-refractivity contribution in [2.75, 3.05) is 6.61 Å². The van der Waals surface area contributed by atoms with Gasteiger partial charge < -0.3 is 10.5 Å². The van der Waals surface area contributed by atoms with E-state index in [0.29, 0.717) is 12.1 Å². The van der Waals surface area contributed by atoms with Gasteiger partial charge in [0.1, 0.15) is 0 Å². The van der Waals surface area contributed by atoms with E-state index >= 15 is 0 Å². The van der Waals surface area contributed by atoms with Crippen LogP contribution in [0, 0.1) is 17.8 Å². The maximum Gasteiger partial charge on any atom is 0.0623 e. The third-order valence-electron chi connectivity index (χ3n) is 3.84. The van der Waals surface area contributed by atoms with Gasteiger partial charge in [-0.2, -0.15) is 0 Å². The van der Waals surface area contributed by atoms with Gasteiger partial charge in [0.15, 0.2) is 0 Å². The first-order valence-electron chi connectivity index (χ1n) is 6.07. The Morgan fingerprint density at radius 2 is 1.79 bits per heavy atom. The Morgan fingerprint density at radius 3 is 2.29 bits per heavy atom. The van der Waals surface area contributed by atoms with E-state index in [-0.39, 0.29) is 0 Å². The molecule has 0 radical (unpaired) electrons. The van der Waals surface area contributed by atoms with Crippen LogP contribution in [0.15, 0.2) is 0 Å². The van der Waals surface area contributed by atoms with Crippen LogP contribution in [0.3, 0.4) is 0 Å². The summed E-state index contributed by atoms with van der Waals surface area (Å²) in [5, 5.41) is 0. The Bertz CT molecular complexity index is 181. The zero-order chi connectivity index (χ0) is 10.1. The van der Waals surface area contributed by atoms with Gasteiger partial charge in [0, 0.05) is 6.04 Å². The Morgan fingerprint density at radius 1 is 1.21 bits per heavy atom. The summed E-state index contributed by atoms with van der Waals surface area (Å²) < 4.78 is 5.59. The van der Waals surface area contributed by atoms with Crippen LogP contribution in [0.2, 0.25) is 0 Å². The average Bonchev–Trinajstić information content (AvgIpc) is 2.88. The van der Waals surface area contributed by atoms with Gasteiger partial charge in [0.2, 0.25) is 0 Å². The summed E-state index contributed by atoms with van der Waals surface area (Å²) in [5.41, 5.74) is 6.16. The lowest BCUT2D eigenvalue weighted by Gasteiger charge is -2.14. The number of nitrogens with two attached hydrogens (primary N) is 1. The molecule has 0 amide bonds. The number of ether oxygens (including phenoxy) is 1. The van der Waals surface area contributed by atoms with Gasteiger partial charge in [-0.15, -0.1) is 0 Å². The van der Waals surface area contributed by atoms with Gasteiger partial charge in [-0.05, 0) is 44.4 Å². The van der Waals surface area contributed by atoms with Crippen LogP contribution < -0.4 is 5.73 Å². The molecule has 0 aromatic carbocycles. The minimum atomic E-state index is 0.297. The highest BCUT2D eigenvalue weighted by molar-refractivity contribution is 5.03. The molecule has 3 unspecified atom stereocenters. The molecule has 0 bridgehead atoms. The molecule has 0 spiro atoms. The summed E-state index contributed by atoms with van der Waals surface area (Å²) >= 11 is 0. The van der Waals surface area contributed by atoms with Crippen molar-refractivity contribution in [1.29, 1.82) is 0 Å². The molecule has 2 N–H and O–H groups in total. The first-order valence-corrected chi connectivity index (χ1v) is 6.07. The second-order valence-electron chi connectivity index (χ2n) is 5.24. The molecule has 2 fully saturated rings. The van der Waals surface area contributed by atoms with Crippen LogP contribution in [-0.2, 0) is 4.74 Å². The molecule has 0 saturated heterocycles. The average molecular weight is 197 g/mol. The smallest absolute Gasteiger partial charge is 0.0623 e. The number of hydrogen-bond donors (Lipinski definition) is 1. The molecule has 2 aliphatic carbocycles. The molecule has 82 valence electrons. The maximum atomic E-state index is 6.16. The Kier molecular flexibility index (Phi) is 3.13. The highest BCUT2D eigenvalue weighted by Crippen LogP contribution is 2.56. The van der Waals surface area contributed by atoms with Crippen molar-refractivity contribution in [1.82, 2.24) is 0 Å². The molecule has 2 rings (SSSR count). The molecular weight excluding hydrogens is 174 g/mol. The summed E-state index contributed by atoms with van der Waals surface area (Å²) in [7, 11) is 0. The van der Waals surface area contributed by atoms with Crippen molar-refractivity contribution in [2.24, 2.45) is 23.5 Å². The van der Waals surface area contributed by atoms with Crippen LogP contribution in [0.1, 0.15) is 39.5 Å². The summed E-state index contributed by atoms with van der Waals surface area (Å²) in [6.45, 7) is 4.91. The van der Waals surface area contributed by atoms with E-state index in [2.05, 4.69) is 13.8 Å². The third kappa shape index (κ3) is 2.12. The largest absolute Gasteiger partial charge is 0.377 e. The molecule has 0 aromatic heterocycles. The molecule has 2 heteroatoms. The molecular formula is C12H23NO. The molecule has 2 aliphatic rings. The molecule has 0 aromatic rings. The summed E-state index contributed by atoms with van der Waals surface area (Å²) in [5.74, 6) is 2.69. The van der Waals surface area contributed by atoms with E-state index in [9.17, 15) is 0 Å². The van der Waals surface area contributed by atoms with Gasteiger partial charge in [-0.25, -0.2) is 0 Å². The highest BCUT2D eigenvalue weighted by atomic mass is 16.5. The predicted octanol–water partition coefficient (Wildman–Crippen LogP) is 2.17. The summed E-state index contributed by atoms with van der Waals surface area (Å²) in [6.07, 6.45) is 6.02. The fraction of sp³-hybridized carbons (Fsp3) is 1.00. The van der Waals surface area contributed by atoms with Crippen LogP contribution in [0.25, 0.3) is 0 Å². The SMILES string of the molecule is CC(C)OCC(N)C1C2CCCCC21. The van der Waals surface area contributed by atoms with E-state index < -0.39 is 0 Å². The van der Waals surface area contributed by atoms with Crippen molar-refractivity contribution in [3.63, 3.8) is 0 Å². The minimum absolute atomic E-state index is 0.297. The fourth-order valence-corrected chi connectivity index (χ4v) is 3.10. The number of fused-ring (bicyclic) bond motifs is 1. The van der Waals surface area contributed by atoms with Crippen molar-refractivity contribution >= 4 is 0 Å². The molecule has 0 heterocycles. The van der Waals surface area contributed by atoms with E-state index in [0.717, 1.165) is 24.4 Å². The van der Waals surface area contributed by atoms with Crippen LogP contribution in [0.5, 0.6) is 0 Å². The monoisotopic (exact) mass is 197 g/mol. The standard InChI is InChI=1S/C12H23NO/c1-8(2)14-7-11(13)12-9-5-3-4-6-10(9)12/h8-12H,3-7,13H2,1-2H3. The summed E-state index contributed by atoms with van der Waals surface area (Å²) in [4.78, 5) is 0. The topological polar surface area (TPSA) is 35.2 Å². The molecule has 2 nitrogen and oxygen atoms in total. The van der Waals surface area contributed by atoms with Gasteiger partial charge in [-0.3, -0.25) is 0 Å². The van der Waals surface area contributed by atoms with Crippen LogP contribution in [-0.4, -0.2) is 18.8 Å². The maximum absolute atomic E-state index is 6.16. The minimum Gasteiger partial charge on any atom is -0.377 e. The van der Waals surface area contributed by atoms with Crippen LogP contribution in [0.4, 0.5) is 0 Å². The van der Waals surface area contributed by atoms with Gasteiger partial charge in [0.25, 0.3) is 0 Å². The zero-order valence-electron chi connectivity index (χ0n) is 9.41. The Balaban J connectivity index is 1.74.